The Bertz CT molecular complexity index is 406. The molecule has 0 aliphatic carbocycles. The third-order valence-corrected chi connectivity index (χ3v) is 4.74. The summed E-state index contributed by atoms with van der Waals surface area (Å²) in [6, 6.07) is 12.0. The summed E-state index contributed by atoms with van der Waals surface area (Å²) in [5.41, 5.74) is 1.41. The Morgan fingerprint density at radius 2 is 1.95 bits per heavy atom. The van der Waals surface area contributed by atoms with Gasteiger partial charge < -0.3 is 15.1 Å². The molecule has 118 valence electrons. The predicted molar refractivity (Wildman–Crippen MR) is 90.6 cm³/mol. The van der Waals surface area contributed by atoms with Crippen molar-refractivity contribution in [1.29, 1.82) is 0 Å². The minimum atomic E-state index is 0.450. The lowest BCUT2D eigenvalue weighted by Crippen LogP contribution is -2.51. The van der Waals surface area contributed by atoms with Crippen LogP contribution in [0.4, 0.5) is 0 Å². The van der Waals surface area contributed by atoms with Crippen LogP contribution < -0.4 is 5.32 Å². The van der Waals surface area contributed by atoms with E-state index in [-0.39, 0.29) is 0 Å². The van der Waals surface area contributed by atoms with Gasteiger partial charge in [0.1, 0.15) is 0 Å². The van der Waals surface area contributed by atoms with Gasteiger partial charge in [-0.3, -0.25) is 0 Å². The molecule has 0 radical (unpaired) electrons. The molecule has 1 aromatic carbocycles. The zero-order valence-electron chi connectivity index (χ0n) is 14.0. The van der Waals surface area contributed by atoms with Gasteiger partial charge in [0.15, 0.2) is 0 Å². The molecule has 0 bridgehead atoms. The van der Waals surface area contributed by atoms with Crippen molar-refractivity contribution in [3.8, 4) is 0 Å². The van der Waals surface area contributed by atoms with Crippen LogP contribution in [-0.2, 0) is 0 Å². The molecule has 3 atom stereocenters. The van der Waals surface area contributed by atoms with Crippen LogP contribution in [0.5, 0.6) is 0 Å². The van der Waals surface area contributed by atoms with E-state index >= 15 is 0 Å². The lowest BCUT2D eigenvalue weighted by Gasteiger charge is -2.40. The maximum atomic E-state index is 3.67. The van der Waals surface area contributed by atoms with E-state index in [1.807, 2.05) is 0 Å². The van der Waals surface area contributed by atoms with Gasteiger partial charge in [-0.2, -0.15) is 0 Å². The second-order valence-corrected chi connectivity index (χ2v) is 6.51. The van der Waals surface area contributed by atoms with Gasteiger partial charge in [0, 0.05) is 38.3 Å². The van der Waals surface area contributed by atoms with Crippen LogP contribution in [0.2, 0.25) is 0 Å². The predicted octanol–water partition coefficient (Wildman–Crippen LogP) is 2.61. The van der Waals surface area contributed by atoms with Gasteiger partial charge in [-0.05, 0) is 32.0 Å². The zero-order valence-corrected chi connectivity index (χ0v) is 14.0. The molecule has 3 unspecified atom stereocenters. The van der Waals surface area contributed by atoms with Crippen LogP contribution in [0.25, 0.3) is 0 Å². The Labute approximate surface area is 130 Å². The summed E-state index contributed by atoms with van der Waals surface area (Å²) < 4.78 is 0. The molecule has 0 aromatic heterocycles. The molecule has 2 rings (SSSR count). The van der Waals surface area contributed by atoms with E-state index in [1.54, 1.807) is 0 Å². The van der Waals surface area contributed by atoms with E-state index in [0.717, 1.165) is 6.54 Å². The van der Waals surface area contributed by atoms with Crippen molar-refractivity contribution >= 4 is 0 Å². The Hall–Kier alpha value is -0.900. The average Bonchev–Trinajstić information content (AvgIpc) is 2.49. The Morgan fingerprint density at radius 3 is 2.57 bits per heavy atom. The van der Waals surface area contributed by atoms with Crippen molar-refractivity contribution in [2.45, 2.75) is 32.9 Å². The summed E-state index contributed by atoms with van der Waals surface area (Å²) in [7, 11) is 2.23. The first-order valence-corrected chi connectivity index (χ1v) is 8.32. The maximum absolute atomic E-state index is 3.67. The van der Waals surface area contributed by atoms with E-state index in [4.69, 9.17) is 0 Å². The Kier molecular flexibility index (Phi) is 6.22. The van der Waals surface area contributed by atoms with Gasteiger partial charge in [0.25, 0.3) is 0 Å². The molecule has 21 heavy (non-hydrogen) atoms. The highest BCUT2D eigenvalue weighted by atomic mass is 15.3. The molecular weight excluding hydrogens is 258 g/mol. The molecule has 0 saturated carbocycles. The summed E-state index contributed by atoms with van der Waals surface area (Å²) in [6.07, 6.45) is 0. The van der Waals surface area contributed by atoms with Crippen molar-refractivity contribution in [3.05, 3.63) is 35.9 Å². The molecule has 0 spiro atoms. The van der Waals surface area contributed by atoms with Crippen molar-refractivity contribution in [2.75, 3.05) is 39.8 Å². The summed E-state index contributed by atoms with van der Waals surface area (Å²) in [5.74, 6) is 0.614. The number of nitrogens with zero attached hydrogens (tertiary/aromatic N) is 2. The Balaban J connectivity index is 1.97. The molecule has 1 heterocycles. The number of piperazine rings is 1. The number of nitrogens with one attached hydrogen (secondary N) is 1. The fourth-order valence-corrected chi connectivity index (χ4v) is 3.33. The lowest BCUT2D eigenvalue weighted by atomic mass is 9.93. The van der Waals surface area contributed by atoms with E-state index in [2.05, 4.69) is 73.3 Å². The molecule has 1 N–H and O–H groups in total. The lowest BCUT2D eigenvalue weighted by molar-refractivity contribution is 0.0886. The largest absolute Gasteiger partial charge is 0.310 e. The van der Waals surface area contributed by atoms with Gasteiger partial charge in [-0.25, -0.2) is 0 Å². The van der Waals surface area contributed by atoms with Crippen LogP contribution in [-0.4, -0.2) is 55.6 Å². The number of hydrogen-bond donors (Lipinski definition) is 1. The third kappa shape index (κ3) is 4.53. The van der Waals surface area contributed by atoms with E-state index in [9.17, 15) is 0 Å². The topological polar surface area (TPSA) is 18.5 Å². The SMILES string of the molecule is CCNC(c1ccccc1)C(C)CN1CCN(C)C(C)C1. The first-order valence-electron chi connectivity index (χ1n) is 8.32. The Morgan fingerprint density at radius 1 is 1.24 bits per heavy atom. The van der Waals surface area contributed by atoms with E-state index in [0.29, 0.717) is 18.0 Å². The van der Waals surface area contributed by atoms with Gasteiger partial charge in [0.2, 0.25) is 0 Å². The zero-order chi connectivity index (χ0) is 15.2. The standard InChI is InChI=1S/C18H31N3/c1-5-19-18(17-9-7-6-8-10-17)15(2)13-21-12-11-20(4)16(3)14-21/h6-10,15-16,18-19H,5,11-14H2,1-4H3. The van der Waals surface area contributed by atoms with Crippen molar-refractivity contribution in [2.24, 2.45) is 5.92 Å². The van der Waals surface area contributed by atoms with Crippen LogP contribution in [0.3, 0.4) is 0 Å². The average molecular weight is 289 g/mol. The monoisotopic (exact) mass is 289 g/mol. The van der Waals surface area contributed by atoms with Crippen LogP contribution in [0, 0.1) is 5.92 Å². The highest BCUT2D eigenvalue weighted by Gasteiger charge is 2.25. The van der Waals surface area contributed by atoms with Gasteiger partial charge in [-0.15, -0.1) is 0 Å². The second kappa shape index (κ2) is 7.92. The highest BCUT2D eigenvalue weighted by molar-refractivity contribution is 5.19. The van der Waals surface area contributed by atoms with Gasteiger partial charge >= 0.3 is 0 Å². The smallest absolute Gasteiger partial charge is 0.0358 e. The molecule has 3 nitrogen and oxygen atoms in total. The van der Waals surface area contributed by atoms with Crippen molar-refractivity contribution in [3.63, 3.8) is 0 Å². The summed E-state index contributed by atoms with van der Waals surface area (Å²) in [4.78, 5) is 5.09. The molecule has 1 saturated heterocycles. The first-order chi connectivity index (χ1) is 10.1. The van der Waals surface area contributed by atoms with E-state index < -0.39 is 0 Å². The van der Waals surface area contributed by atoms with E-state index in [1.165, 1.54) is 31.7 Å². The second-order valence-electron chi connectivity index (χ2n) is 6.51. The van der Waals surface area contributed by atoms with Crippen molar-refractivity contribution < 1.29 is 0 Å². The van der Waals surface area contributed by atoms with Gasteiger partial charge in [0.05, 0.1) is 0 Å². The highest BCUT2D eigenvalue weighted by Crippen LogP contribution is 2.23. The normalized spacial score (nSPS) is 23.9. The fourth-order valence-electron chi connectivity index (χ4n) is 3.33. The maximum Gasteiger partial charge on any atom is 0.0358 e. The summed E-state index contributed by atoms with van der Waals surface area (Å²) in [6.45, 7) is 12.7. The number of rotatable bonds is 6. The molecule has 1 aliphatic rings. The molecule has 3 heteroatoms. The first kappa shape index (κ1) is 16.5. The molecule has 0 amide bonds. The van der Waals surface area contributed by atoms with Crippen LogP contribution in [0.15, 0.2) is 30.3 Å². The quantitative estimate of drug-likeness (QED) is 0.868. The third-order valence-electron chi connectivity index (χ3n) is 4.74. The molecule has 1 fully saturated rings. The summed E-state index contributed by atoms with van der Waals surface area (Å²) in [5, 5.41) is 3.67. The fraction of sp³-hybridized carbons (Fsp3) is 0.667. The van der Waals surface area contributed by atoms with Crippen molar-refractivity contribution in [1.82, 2.24) is 15.1 Å². The number of benzene rings is 1. The van der Waals surface area contributed by atoms with Gasteiger partial charge in [-0.1, -0.05) is 44.2 Å². The number of likely N-dealkylation sites (N-methyl/N-ethyl adjacent to an activating group) is 1. The van der Waals surface area contributed by atoms with Crippen LogP contribution in [0.1, 0.15) is 32.4 Å². The number of hydrogen-bond acceptors (Lipinski definition) is 3. The molecular formula is C18H31N3. The summed E-state index contributed by atoms with van der Waals surface area (Å²) >= 11 is 0. The molecule has 1 aliphatic heterocycles. The van der Waals surface area contributed by atoms with Crippen LogP contribution >= 0.6 is 0 Å². The minimum Gasteiger partial charge on any atom is -0.310 e. The minimum absolute atomic E-state index is 0.450. The molecule has 1 aromatic rings.